The van der Waals surface area contributed by atoms with Crippen LogP contribution >= 0.6 is 0 Å². The number of para-hydroxylation sites is 1. The summed E-state index contributed by atoms with van der Waals surface area (Å²) in [4.78, 5) is 17.5. The molecule has 0 fully saturated rings. The van der Waals surface area contributed by atoms with Crippen molar-refractivity contribution in [3.05, 3.63) is 113 Å². The smallest absolute Gasteiger partial charge is 0.262 e. The highest BCUT2D eigenvalue weighted by molar-refractivity contribution is 5.77. The fraction of sp³-hybridized carbons (Fsp3) is 0.0476. The van der Waals surface area contributed by atoms with E-state index in [9.17, 15) is 4.79 Å². The average molecular weight is 312 g/mol. The number of fused-ring (bicyclic) bond motifs is 1. The van der Waals surface area contributed by atoms with Gasteiger partial charge in [-0.1, -0.05) is 72.8 Å². The summed E-state index contributed by atoms with van der Waals surface area (Å²) in [6, 6.07) is 27.3. The Morgan fingerprint density at radius 2 is 1.25 bits per heavy atom. The molecule has 24 heavy (non-hydrogen) atoms. The van der Waals surface area contributed by atoms with Crippen molar-refractivity contribution in [1.29, 1.82) is 0 Å². The zero-order valence-corrected chi connectivity index (χ0v) is 13.0. The maximum atomic E-state index is 13.0. The maximum absolute atomic E-state index is 13.0. The van der Waals surface area contributed by atoms with E-state index >= 15 is 0 Å². The molecule has 0 N–H and O–H groups in total. The summed E-state index contributed by atoms with van der Waals surface area (Å²) in [5.74, 6) is 0. The van der Waals surface area contributed by atoms with Gasteiger partial charge >= 0.3 is 0 Å². The average Bonchev–Trinajstić information content (AvgIpc) is 2.66. The normalized spacial score (nSPS) is 11.0. The second-order valence-electron chi connectivity index (χ2n) is 5.70. The molecule has 0 saturated heterocycles. The van der Waals surface area contributed by atoms with E-state index < -0.39 is 0 Å². The fourth-order valence-electron chi connectivity index (χ4n) is 3.05. The lowest BCUT2D eigenvalue weighted by Crippen LogP contribution is -2.26. The van der Waals surface area contributed by atoms with Crippen LogP contribution in [0.25, 0.3) is 10.9 Å². The first-order chi connectivity index (χ1) is 11.8. The van der Waals surface area contributed by atoms with Gasteiger partial charge in [-0.3, -0.25) is 9.36 Å². The molecule has 1 heterocycles. The minimum Gasteiger partial charge on any atom is -0.287 e. The largest absolute Gasteiger partial charge is 0.287 e. The molecular formula is C21H16N2O. The first-order valence-electron chi connectivity index (χ1n) is 7.90. The van der Waals surface area contributed by atoms with Crippen molar-refractivity contribution >= 4 is 10.9 Å². The molecule has 0 radical (unpaired) electrons. The lowest BCUT2D eigenvalue weighted by molar-refractivity contribution is 0.643. The summed E-state index contributed by atoms with van der Waals surface area (Å²) in [5.41, 5.74) is 2.81. The molecule has 0 unspecified atom stereocenters. The maximum Gasteiger partial charge on any atom is 0.262 e. The summed E-state index contributed by atoms with van der Waals surface area (Å²) in [7, 11) is 0. The molecule has 3 heteroatoms. The van der Waals surface area contributed by atoms with Gasteiger partial charge in [-0.25, -0.2) is 4.98 Å². The Hall–Kier alpha value is -3.20. The Morgan fingerprint density at radius 3 is 1.88 bits per heavy atom. The van der Waals surface area contributed by atoms with Crippen LogP contribution < -0.4 is 5.56 Å². The molecule has 0 bridgehead atoms. The molecule has 0 aliphatic rings. The van der Waals surface area contributed by atoms with Gasteiger partial charge in [0.2, 0.25) is 0 Å². The van der Waals surface area contributed by atoms with Crippen LogP contribution in [0.4, 0.5) is 0 Å². The summed E-state index contributed by atoms with van der Waals surface area (Å²) in [6.07, 6.45) is 1.65. The standard InChI is InChI=1S/C21H16N2O/c24-21-18-13-7-8-14-19(18)22-15-23(21)20(16-9-3-1-4-10-16)17-11-5-2-6-12-17/h1-15,20H. The van der Waals surface area contributed by atoms with E-state index in [-0.39, 0.29) is 11.6 Å². The Bertz CT molecular complexity index is 984. The van der Waals surface area contributed by atoms with E-state index in [4.69, 9.17) is 0 Å². The molecule has 116 valence electrons. The highest BCUT2D eigenvalue weighted by Crippen LogP contribution is 2.25. The third-order valence-corrected chi connectivity index (χ3v) is 4.20. The van der Waals surface area contributed by atoms with E-state index in [1.165, 1.54) is 0 Å². The van der Waals surface area contributed by atoms with Gasteiger partial charge in [0.1, 0.15) is 0 Å². The molecule has 0 amide bonds. The van der Waals surface area contributed by atoms with E-state index in [0.717, 1.165) is 16.6 Å². The molecule has 4 aromatic rings. The first-order valence-corrected chi connectivity index (χ1v) is 7.90. The van der Waals surface area contributed by atoms with E-state index in [2.05, 4.69) is 4.98 Å². The van der Waals surface area contributed by atoms with Gasteiger partial charge in [0.25, 0.3) is 5.56 Å². The van der Waals surface area contributed by atoms with Gasteiger partial charge in [-0.15, -0.1) is 0 Å². The van der Waals surface area contributed by atoms with Crippen molar-refractivity contribution in [3.63, 3.8) is 0 Å². The van der Waals surface area contributed by atoms with Crippen LogP contribution in [0.3, 0.4) is 0 Å². The Kier molecular flexibility index (Phi) is 3.67. The lowest BCUT2D eigenvalue weighted by Gasteiger charge is -2.21. The predicted octanol–water partition coefficient (Wildman–Crippen LogP) is 4.03. The molecule has 0 aliphatic carbocycles. The van der Waals surface area contributed by atoms with Crippen LogP contribution in [0.5, 0.6) is 0 Å². The molecule has 0 spiro atoms. The van der Waals surface area contributed by atoms with Crippen molar-refractivity contribution < 1.29 is 0 Å². The van der Waals surface area contributed by atoms with Gasteiger partial charge in [0, 0.05) is 0 Å². The Balaban J connectivity index is 1.98. The Morgan fingerprint density at radius 1 is 0.708 bits per heavy atom. The highest BCUT2D eigenvalue weighted by atomic mass is 16.1. The molecule has 0 atom stereocenters. The van der Waals surface area contributed by atoms with Crippen LogP contribution in [0.2, 0.25) is 0 Å². The molecule has 0 aliphatic heterocycles. The van der Waals surface area contributed by atoms with E-state index in [1.54, 1.807) is 10.9 Å². The van der Waals surface area contributed by atoms with Crippen molar-refractivity contribution in [2.45, 2.75) is 6.04 Å². The highest BCUT2D eigenvalue weighted by Gasteiger charge is 2.18. The van der Waals surface area contributed by atoms with Gasteiger partial charge in [0.15, 0.2) is 0 Å². The van der Waals surface area contributed by atoms with Crippen LogP contribution in [0.1, 0.15) is 17.2 Å². The number of hydrogen-bond donors (Lipinski definition) is 0. The van der Waals surface area contributed by atoms with Gasteiger partial charge in [-0.2, -0.15) is 0 Å². The van der Waals surface area contributed by atoms with Crippen LogP contribution in [0.15, 0.2) is 96.1 Å². The fourth-order valence-corrected chi connectivity index (χ4v) is 3.05. The third kappa shape index (κ3) is 2.50. The van der Waals surface area contributed by atoms with Crippen molar-refractivity contribution in [2.75, 3.05) is 0 Å². The minimum absolute atomic E-state index is 0.0293. The monoisotopic (exact) mass is 312 g/mol. The molecular weight excluding hydrogens is 296 g/mol. The van der Waals surface area contributed by atoms with Gasteiger partial charge in [0.05, 0.1) is 23.3 Å². The first kappa shape index (κ1) is 14.4. The second-order valence-corrected chi connectivity index (χ2v) is 5.70. The zero-order chi connectivity index (χ0) is 16.4. The number of rotatable bonds is 3. The van der Waals surface area contributed by atoms with Crippen molar-refractivity contribution in [2.24, 2.45) is 0 Å². The summed E-state index contributed by atoms with van der Waals surface area (Å²) in [5, 5.41) is 0.636. The number of nitrogens with zero attached hydrogens (tertiary/aromatic N) is 2. The van der Waals surface area contributed by atoms with Crippen LogP contribution in [-0.2, 0) is 0 Å². The molecule has 0 saturated carbocycles. The summed E-state index contributed by atoms with van der Waals surface area (Å²) in [6.45, 7) is 0. The van der Waals surface area contributed by atoms with Crippen molar-refractivity contribution in [3.8, 4) is 0 Å². The molecule has 4 rings (SSSR count). The Labute approximate surface area is 139 Å². The van der Waals surface area contributed by atoms with E-state index in [0.29, 0.717) is 5.39 Å². The van der Waals surface area contributed by atoms with Crippen LogP contribution in [0, 0.1) is 0 Å². The summed E-state index contributed by atoms with van der Waals surface area (Å²) >= 11 is 0. The lowest BCUT2D eigenvalue weighted by atomic mass is 9.98. The third-order valence-electron chi connectivity index (χ3n) is 4.20. The van der Waals surface area contributed by atoms with Crippen molar-refractivity contribution in [1.82, 2.24) is 9.55 Å². The number of aromatic nitrogens is 2. The molecule has 1 aromatic heterocycles. The van der Waals surface area contributed by atoms with Gasteiger partial charge < -0.3 is 0 Å². The van der Waals surface area contributed by atoms with Crippen LogP contribution in [-0.4, -0.2) is 9.55 Å². The quantitative estimate of drug-likeness (QED) is 0.572. The second kappa shape index (κ2) is 6.13. The van der Waals surface area contributed by atoms with Gasteiger partial charge in [-0.05, 0) is 23.3 Å². The topological polar surface area (TPSA) is 34.9 Å². The molecule has 3 nitrogen and oxygen atoms in total. The summed E-state index contributed by atoms with van der Waals surface area (Å²) < 4.78 is 1.72. The number of benzene rings is 3. The molecule has 3 aromatic carbocycles. The van der Waals surface area contributed by atoms with E-state index in [1.807, 2.05) is 84.9 Å². The number of hydrogen-bond acceptors (Lipinski definition) is 2. The predicted molar refractivity (Wildman–Crippen MR) is 96.1 cm³/mol. The zero-order valence-electron chi connectivity index (χ0n) is 13.0. The SMILES string of the molecule is O=c1c2ccccc2ncn1C(c1ccccc1)c1ccccc1. The minimum atomic E-state index is -0.197.